The minimum Gasteiger partial charge on any atom is -0.394 e. The fourth-order valence-electron chi connectivity index (χ4n) is 0.654. The lowest BCUT2D eigenvalue weighted by Crippen LogP contribution is -2.46. The Bertz CT molecular complexity index is 109. The summed E-state index contributed by atoms with van der Waals surface area (Å²) in [4.78, 5) is 0. The van der Waals surface area contributed by atoms with E-state index in [0.717, 1.165) is 0 Å². The lowest BCUT2D eigenvalue weighted by molar-refractivity contribution is -0.118. The summed E-state index contributed by atoms with van der Waals surface area (Å²) in [5.41, 5.74) is 0. The zero-order valence-electron chi connectivity index (χ0n) is 6.34. The second-order valence-electron chi connectivity index (χ2n) is 2.45. The van der Waals surface area contributed by atoms with Crippen LogP contribution in [0.5, 0.6) is 0 Å². The van der Waals surface area contributed by atoms with E-state index >= 15 is 0 Å². The molecule has 0 rings (SSSR count). The summed E-state index contributed by atoms with van der Waals surface area (Å²) >= 11 is 0. The lowest BCUT2D eigenvalue weighted by Gasteiger charge is -2.23. The van der Waals surface area contributed by atoms with Crippen LogP contribution in [-0.4, -0.2) is 63.2 Å². The van der Waals surface area contributed by atoms with Gasteiger partial charge in [-0.25, -0.2) is 4.39 Å². The normalized spacial score (nSPS) is 21.5. The summed E-state index contributed by atoms with van der Waals surface area (Å²) in [6, 6.07) is 0. The van der Waals surface area contributed by atoms with Crippen LogP contribution < -0.4 is 0 Å². The number of aliphatic hydroxyl groups excluding tert-OH is 5. The zero-order chi connectivity index (χ0) is 9.72. The van der Waals surface area contributed by atoms with Gasteiger partial charge in [0.25, 0.3) is 0 Å². The van der Waals surface area contributed by atoms with Crippen molar-refractivity contribution in [2.24, 2.45) is 0 Å². The van der Waals surface area contributed by atoms with Crippen LogP contribution in [0, 0.1) is 0 Å². The monoisotopic (exact) mass is 183 g/mol. The van der Waals surface area contributed by atoms with E-state index in [1.807, 2.05) is 0 Å². The Morgan fingerprint density at radius 3 is 1.67 bits per heavy atom. The van der Waals surface area contributed by atoms with Gasteiger partial charge in [-0.1, -0.05) is 0 Å². The third kappa shape index (κ3) is 3.00. The summed E-state index contributed by atoms with van der Waals surface area (Å²) in [5.74, 6) is 0. The summed E-state index contributed by atoms with van der Waals surface area (Å²) in [6.45, 7) is -1.99. The van der Waals surface area contributed by atoms with Crippen LogP contribution in [0.1, 0.15) is 0 Å². The van der Waals surface area contributed by atoms with Crippen molar-refractivity contribution in [3.8, 4) is 0 Å². The third-order valence-electron chi connectivity index (χ3n) is 1.48. The minimum absolute atomic E-state index is 0.767. The van der Waals surface area contributed by atoms with E-state index in [-0.39, 0.29) is 0 Å². The Labute approximate surface area is 68.7 Å². The van der Waals surface area contributed by atoms with Crippen molar-refractivity contribution >= 4 is 0 Å². The van der Waals surface area contributed by atoms with Crippen molar-refractivity contribution in [2.45, 2.75) is 24.4 Å². The molecule has 0 amide bonds. The molecular weight excluding hydrogens is 170 g/mol. The van der Waals surface area contributed by atoms with E-state index in [9.17, 15) is 4.39 Å². The standard InChI is InChI=1S/C6H13FO5/c7-1-3(9)5(11)6(12)4(10)2-8/h3-6,8-12H,1-2H2/t3-,4+,5+,6+/m0/s1/i7-1. The molecular formula is C6H13FO5. The van der Waals surface area contributed by atoms with Gasteiger partial charge in [0.2, 0.25) is 0 Å². The van der Waals surface area contributed by atoms with E-state index in [2.05, 4.69) is 0 Å². The lowest BCUT2D eigenvalue weighted by atomic mass is 10.0. The molecule has 12 heavy (non-hydrogen) atoms. The number of alkyl halides is 1. The van der Waals surface area contributed by atoms with E-state index in [0.29, 0.717) is 0 Å². The van der Waals surface area contributed by atoms with Crippen molar-refractivity contribution < 1.29 is 29.9 Å². The molecule has 0 spiro atoms. The highest BCUT2D eigenvalue weighted by atomic mass is 18.2. The Morgan fingerprint density at radius 1 is 0.917 bits per heavy atom. The van der Waals surface area contributed by atoms with Gasteiger partial charge in [-0.3, -0.25) is 0 Å². The molecule has 5 N–H and O–H groups in total. The van der Waals surface area contributed by atoms with E-state index in [1.165, 1.54) is 0 Å². The van der Waals surface area contributed by atoms with Gasteiger partial charge in [-0.2, -0.15) is 0 Å². The predicted molar refractivity (Wildman–Crippen MR) is 37.1 cm³/mol. The fraction of sp³-hybridized carbons (Fsp3) is 1.00. The highest BCUT2D eigenvalue weighted by molar-refractivity contribution is 4.79. The molecule has 0 heterocycles. The first-order valence-corrected chi connectivity index (χ1v) is 3.43. The average Bonchev–Trinajstić information content (AvgIpc) is 2.12. The molecule has 0 aliphatic heterocycles. The van der Waals surface area contributed by atoms with Crippen molar-refractivity contribution in [2.75, 3.05) is 13.3 Å². The molecule has 0 saturated carbocycles. The first kappa shape index (κ1) is 11.7. The van der Waals surface area contributed by atoms with Crippen molar-refractivity contribution in [3.63, 3.8) is 0 Å². The first-order valence-electron chi connectivity index (χ1n) is 3.43. The maximum Gasteiger partial charge on any atom is 0.118 e. The topological polar surface area (TPSA) is 101 Å². The van der Waals surface area contributed by atoms with Crippen molar-refractivity contribution in [1.29, 1.82) is 0 Å². The molecule has 6 heteroatoms. The predicted octanol–water partition coefficient (Wildman–Crippen LogP) is -2.61. The van der Waals surface area contributed by atoms with Crippen molar-refractivity contribution in [1.82, 2.24) is 0 Å². The average molecular weight is 183 g/mol. The first-order chi connectivity index (χ1) is 5.54. The van der Waals surface area contributed by atoms with Crippen LogP contribution in [0.3, 0.4) is 0 Å². The number of hydrogen-bond acceptors (Lipinski definition) is 5. The SMILES string of the molecule is OC[C@@H](O)[C@@H](O)[C@H](O)[C@@H](O)C[18F]. The number of hydrogen-bond donors (Lipinski definition) is 5. The van der Waals surface area contributed by atoms with Gasteiger partial charge in [-0.15, -0.1) is 0 Å². The second kappa shape index (κ2) is 5.39. The molecule has 0 fully saturated rings. The highest BCUT2D eigenvalue weighted by Gasteiger charge is 2.29. The van der Waals surface area contributed by atoms with Crippen LogP contribution in [0.15, 0.2) is 0 Å². The fourth-order valence-corrected chi connectivity index (χ4v) is 0.654. The molecule has 74 valence electrons. The zero-order valence-corrected chi connectivity index (χ0v) is 6.34. The molecule has 0 saturated heterocycles. The third-order valence-corrected chi connectivity index (χ3v) is 1.48. The summed E-state index contributed by atoms with van der Waals surface area (Å²) in [7, 11) is 0. The van der Waals surface area contributed by atoms with Gasteiger partial charge in [0.1, 0.15) is 31.1 Å². The molecule has 0 aromatic carbocycles. The highest BCUT2D eigenvalue weighted by Crippen LogP contribution is 2.04. The van der Waals surface area contributed by atoms with Crippen LogP contribution in [0.2, 0.25) is 0 Å². The van der Waals surface area contributed by atoms with E-state index in [4.69, 9.17) is 25.5 Å². The van der Waals surface area contributed by atoms with Gasteiger partial charge < -0.3 is 25.5 Å². The summed E-state index contributed by atoms with van der Waals surface area (Å²) in [5, 5.41) is 43.5. The molecule has 0 bridgehead atoms. The number of halogens is 1. The maximum atomic E-state index is 11.7. The van der Waals surface area contributed by atoms with Gasteiger partial charge >= 0.3 is 0 Å². The van der Waals surface area contributed by atoms with Crippen LogP contribution in [0.25, 0.3) is 0 Å². The van der Waals surface area contributed by atoms with Gasteiger partial charge in [-0.05, 0) is 0 Å². The Morgan fingerprint density at radius 2 is 1.33 bits per heavy atom. The molecule has 0 aromatic heterocycles. The van der Waals surface area contributed by atoms with E-state index < -0.39 is 37.7 Å². The largest absolute Gasteiger partial charge is 0.394 e. The van der Waals surface area contributed by atoms with Crippen LogP contribution in [0.4, 0.5) is 4.39 Å². The molecule has 0 radical (unpaired) electrons. The molecule has 0 aromatic rings. The smallest absolute Gasteiger partial charge is 0.118 e. The Balaban J connectivity index is 3.99. The number of rotatable bonds is 5. The van der Waals surface area contributed by atoms with Crippen molar-refractivity contribution in [3.05, 3.63) is 0 Å². The van der Waals surface area contributed by atoms with Crippen LogP contribution >= 0.6 is 0 Å². The molecule has 0 aliphatic rings. The van der Waals surface area contributed by atoms with E-state index in [1.54, 1.807) is 0 Å². The summed E-state index contributed by atoms with van der Waals surface area (Å²) < 4.78 is 11.7. The van der Waals surface area contributed by atoms with Gasteiger partial charge in [0.15, 0.2) is 0 Å². The minimum atomic E-state index is -1.79. The molecule has 0 aliphatic carbocycles. The Kier molecular flexibility index (Phi) is 5.27. The Hall–Kier alpha value is -0.270. The van der Waals surface area contributed by atoms with Gasteiger partial charge in [0, 0.05) is 0 Å². The quantitative estimate of drug-likeness (QED) is 0.321. The molecule has 0 unspecified atom stereocenters. The van der Waals surface area contributed by atoms with Gasteiger partial charge in [0.05, 0.1) is 6.61 Å². The molecule has 4 atom stereocenters. The number of aliphatic hydroxyl groups is 5. The second-order valence-corrected chi connectivity index (χ2v) is 2.45. The van der Waals surface area contributed by atoms with Crippen LogP contribution in [-0.2, 0) is 0 Å². The molecule has 5 nitrogen and oxygen atoms in total. The maximum absolute atomic E-state index is 11.7. The summed E-state index contributed by atoms with van der Waals surface area (Å²) in [6.07, 6.45) is -6.87.